The summed E-state index contributed by atoms with van der Waals surface area (Å²) >= 11 is 0. The quantitative estimate of drug-likeness (QED) is 0.672. The van der Waals surface area contributed by atoms with E-state index in [2.05, 4.69) is 6.92 Å². The van der Waals surface area contributed by atoms with E-state index < -0.39 is 0 Å². The Balaban J connectivity index is -0.000000140. The molecule has 0 amide bonds. The summed E-state index contributed by atoms with van der Waals surface area (Å²) in [7, 11) is 3.23. The minimum atomic E-state index is -0.0231. The predicted molar refractivity (Wildman–Crippen MR) is 39.4 cm³/mol. The van der Waals surface area contributed by atoms with Gasteiger partial charge in [-0.1, -0.05) is 0 Å². The fourth-order valence-corrected chi connectivity index (χ4v) is 0.254. The molecule has 0 rings (SSSR count). The first-order chi connectivity index (χ1) is 4.72. The Morgan fingerprint density at radius 1 is 1.55 bits per heavy atom. The van der Waals surface area contributed by atoms with Crippen LogP contribution in [0.4, 0.5) is 0 Å². The Hall–Kier alpha value is 0.694. The first kappa shape index (κ1) is 17.7. The summed E-state index contributed by atoms with van der Waals surface area (Å²) in [5, 5.41) is 0. The van der Waals surface area contributed by atoms with Crippen molar-refractivity contribution in [2.45, 2.75) is 13.0 Å². The Morgan fingerprint density at radius 3 is 2.00 bits per heavy atom. The number of hydrogen-bond acceptors (Lipinski definition) is 3. The summed E-state index contributed by atoms with van der Waals surface area (Å²) in [6.07, 6.45) is 1.48. The van der Waals surface area contributed by atoms with E-state index in [1.165, 1.54) is 13.2 Å². The third-order valence-corrected chi connectivity index (χ3v) is 0.686. The van der Waals surface area contributed by atoms with Crippen molar-refractivity contribution in [3.63, 3.8) is 0 Å². The van der Waals surface area contributed by atoms with Gasteiger partial charge in [0.1, 0.15) is 0 Å². The smallest absolute Gasteiger partial charge is 0.542 e. The molecule has 0 N–H and O–H groups in total. The van der Waals surface area contributed by atoms with Crippen LogP contribution >= 0.6 is 0 Å². The van der Waals surface area contributed by atoms with Crippen LogP contribution in [0.3, 0.4) is 0 Å². The van der Waals surface area contributed by atoms with Gasteiger partial charge in [-0.3, -0.25) is 6.29 Å². The molecule has 0 heterocycles. The molecule has 0 fully saturated rings. The van der Waals surface area contributed by atoms with Gasteiger partial charge in [0, 0.05) is 20.8 Å². The largest absolute Gasteiger partial charge is 3.00 e. The molecule has 0 aliphatic heterocycles. The molecule has 0 aromatic rings. The molecule has 3 nitrogen and oxygen atoms in total. The number of rotatable bonds is 3. The molecule has 1 unspecified atom stereocenters. The molecule has 0 aromatic heterocycles. The molecule has 0 aliphatic carbocycles. The van der Waals surface area contributed by atoms with Gasteiger partial charge in [-0.25, -0.2) is 0 Å². The van der Waals surface area contributed by atoms with E-state index in [0.29, 0.717) is 6.61 Å². The SMILES string of the molecule is C[C-]=O.[CH2-]C(COC)OC.[Y+3]. The van der Waals surface area contributed by atoms with Crippen molar-refractivity contribution >= 4 is 6.29 Å². The van der Waals surface area contributed by atoms with E-state index in [9.17, 15) is 0 Å². The third-order valence-electron chi connectivity index (χ3n) is 0.686. The number of hydrogen-bond donors (Lipinski definition) is 0. The first-order valence-corrected chi connectivity index (χ1v) is 2.86. The van der Waals surface area contributed by atoms with Gasteiger partial charge < -0.3 is 21.2 Å². The van der Waals surface area contributed by atoms with Crippen LogP contribution in [-0.2, 0) is 47.0 Å². The summed E-state index contributed by atoms with van der Waals surface area (Å²) in [5.74, 6) is 0. The van der Waals surface area contributed by atoms with Gasteiger partial charge in [0.25, 0.3) is 0 Å². The maximum atomic E-state index is 8.68. The van der Waals surface area contributed by atoms with Crippen molar-refractivity contribution in [1.82, 2.24) is 0 Å². The predicted octanol–water partition coefficient (Wildman–Crippen LogP) is 0.595. The van der Waals surface area contributed by atoms with Gasteiger partial charge in [-0.05, 0) is 6.10 Å². The molecular formula is C7H14O3Y+. The van der Waals surface area contributed by atoms with Crippen molar-refractivity contribution in [3.05, 3.63) is 6.92 Å². The van der Waals surface area contributed by atoms with Crippen molar-refractivity contribution in [2.24, 2.45) is 0 Å². The number of carbonyl (C=O) groups excluding carboxylic acids is 1. The third kappa shape index (κ3) is 24.9. The second kappa shape index (κ2) is 17.0. The fraction of sp³-hybridized carbons (Fsp3) is 0.714. The van der Waals surface area contributed by atoms with Crippen molar-refractivity contribution in [2.75, 3.05) is 20.8 Å². The zero-order chi connectivity index (χ0) is 8.41. The van der Waals surface area contributed by atoms with E-state index in [0.717, 1.165) is 0 Å². The maximum absolute atomic E-state index is 8.68. The molecule has 62 valence electrons. The Kier molecular flexibility index (Phi) is 27.3. The Labute approximate surface area is 93.7 Å². The van der Waals surface area contributed by atoms with E-state index in [4.69, 9.17) is 14.3 Å². The number of methoxy groups -OCH3 is 2. The molecule has 4 heteroatoms. The molecule has 11 heavy (non-hydrogen) atoms. The molecule has 1 atom stereocenters. The zero-order valence-electron chi connectivity index (χ0n) is 7.29. The summed E-state index contributed by atoms with van der Waals surface area (Å²) in [4.78, 5) is 8.68. The van der Waals surface area contributed by atoms with Crippen LogP contribution in [-0.4, -0.2) is 33.2 Å². The van der Waals surface area contributed by atoms with E-state index in [-0.39, 0.29) is 38.8 Å². The molecule has 0 saturated carbocycles. The Morgan fingerprint density at radius 2 is 1.91 bits per heavy atom. The van der Waals surface area contributed by atoms with Gasteiger partial charge in [-0.2, -0.15) is 6.92 Å². The molecular weight excluding hydrogens is 221 g/mol. The monoisotopic (exact) mass is 235 g/mol. The van der Waals surface area contributed by atoms with Gasteiger partial charge in [0.05, 0.1) is 0 Å². The molecule has 0 spiro atoms. The topological polar surface area (TPSA) is 35.5 Å². The standard InChI is InChI=1S/C5H11O2.C2H3O.Y/c1-5(7-3)4-6-2;1-2-3;/h5H,1,4H2,2-3H3;1H3;/q2*-1;+3. The van der Waals surface area contributed by atoms with E-state index in [1.807, 2.05) is 0 Å². The van der Waals surface area contributed by atoms with E-state index in [1.54, 1.807) is 14.2 Å². The number of ether oxygens (including phenoxy) is 2. The summed E-state index contributed by atoms with van der Waals surface area (Å²) < 4.78 is 9.46. The second-order valence-corrected chi connectivity index (χ2v) is 1.52. The van der Waals surface area contributed by atoms with Crippen molar-refractivity contribution < 1.29 is 47.0 Å². The minimum absolute atomic E-state index is 0. The van der Waals surface area contributed by atoms with Gasteiger partial charge >= 0.3 is 32.7 Å². The van der Waals surface area contributed by atoms with Crippen LogP contribution in [0.1, 0.15) is 6.92 Å². The average molecular weight is 235 g/mol. The molecule has 0 bridgehead atoms. The van der Waals surface area contributed by atoms with Crippen LogP contribution in [0, 0.1) is 6.92 Å². The minimum Gasteiger partial charge on any atom is -0.542 e. The van der Waals surface area contributed by atoms with Gasteiger partial charge in [0.15, 0.2) is 0 Å². The van der Waals surface area contributed by atoms with Gasteiger partial charge in [0.2, 0.25) is 0 Å². The second-order valence-electron chi connectivity index (χ2n) is 1.52. The summed E-state index contributed by atoms with van der Waals surface area (Å²) in [6, 6.07) is 0. The summed E-state index contributed by atoms with van der Waals surface area (Å²) in [6.45, 7) is 5.48. The van der Waals surface area contributed by atoms with Crippen LogP contribution in [0.2, 0.25) is 0 Å². The normalized spacial score (nSPS) is 10.2. The van der Waals surface area contributed by atoms with Crippen molar-refractivity contribution in [1.29, 1.82) is 0 Å². The van der Waals surface area contributed by atoms with Crippen LogP contribution in [0.25, 0.3) is 0 Å². The first-order valence-electron chi connectivity index (χ1n) is 2.86. The average Bonchev–Trinajstić information content (AvgIpc) is 1.90. The van der Waals surface area contributed by atoms with Crippen LogP contribution in [0.15, 0.2) is 0 Å². The van der Waals surface area contributed by atoms with Crippen LogP contribution < -0.4 is 0 Å². The maximum Gasteiger partial charge on any atom is 3.00 e. The van der Waals surface area contributed by atoms with Crippen molar-refractivity contribution in [3.8, 4) is 0 Å². The van der Waals surface area contributed by atoms with Crippen LogP contribution in [0.5, 0.6) is 0 Å². The zero-order valence-corrected chi connectivity index (χ0v) is 10.1. The molecule has 0 saturated heterocycles. The van der Waals surface area contributed by atoms with Gasteiger partial charge in [-0.15, -0.1) is 0 Å². The molecule has 0 aliphatic rings. The fourth-order valence-electron chi connectivity index (χ4n) is 0.254. The molecule has 0 radical (unpaired) electrons. The molecule has 0 aromatic carbocycles. The Bertz CT molecular complexity index is 68.7. The van der Waals surface area contributed by atoms with E-state index >= 15 is 0 Å². The summed E-state index contributed by atoms with van der Waals surface area (Å²) in [5.41, 5.74) is 0.